The van der Waals surface area contributed by atoms with Crippen LogP contribution in [0, 0.1) is 15.9 Å². The van der Waals surface area contributed by atoms with Crippen LogP contribution in [0.1, 0.15) is 18.1 Å². The maximum Gasteiger partial charge on any atom is 0.276 e. The van der Waals surface area contributed by atoms with Crippen molar-refractivity contribution in [1.29, 1.82) is 0 Å². The number of nitro groups is 1. The second-order valence-electron chi connectivity index (χ2n) is 7.15. The highest BCUT2D eigenvalue weighted by Gasteiger charge is 2.48. The van der Waals surface area contributed by atoms with Crippen LogP contribution in [-0.4, -0.2) is 46.2 Å². The Hall–Kier alpha value is -3.55. The first-order chi connectivity index (χ1) is 13.6. The fraction of sp³-hybridized carbons (Fsp3) is 0.238. The van der Waals surface area contributed by atoms with Gasteiger partial charge >= 0.3 is 0 Å². The van der Waals surface area contributed by atoms with Crippen molar-refractivity contribution in [3.05, 3.63) is 81.3 Å². The van der Waals surface area contributed by atoms with Crippen LogP contribution in [0.5, 0.6) is 0 Å². The molecule has 2 aromatic rings. The van der Waals surface area contributed by atoms with Crippen LogP contribution in [0.4, 0.5) is 10.1 Å². The molecule has 1 unspecified atom stereocenters. The van der Waals surface area contributed by atoms with Gasteiger partial charge in [0, 0.05) is 26.6 Å². The number of benzene rings is 2. The van der Waals surface area contributed by atoms with E-state index in [1.165, 1.54) is 60.3 Å². The monoisotopic (exact) mass is 397 g/mol. The van der Waals surface area contributed by atoms with Gasteiger partial charge < -0.3 is 9.80 Å². The summed E-state index contributed by atoms with van der Waals surface area (Å²) in [5.74, 6) is -1.24. The van der Waals surface area contributed by atoms with E-state index in [-0.39, 0.29) is 29.3 Å². The van der Waals surface area contributed by atoms with E-state index < -0.39 is 22.2 Å². The maximum absolute atomic E-state index is 13.6. The van der Waals surface area contributed by atoms with Crippen molar-refractivity contribution in [2.75, 3.05) is 14.1 Å². The van der Waals surface area contributed by atoms with Gasteiger partial charge in [-0.3, -0.25) is 19.7 Å². The van der Waals surface area contributed by atoms with Crippen molar-refractivity contribution in [2.24, 2.45) is 0 Å². The van der Waals surface area contributed by atoms with Crippen molar-refractivity contribution >= 4 is 23.6 Å². The fourth-order valence-electron chi connectivity index (χ4n) is 3.47. The summed E-state index contributed by atoms with van der Waals surface area (Å²) in [5.41, 5.74) is -0.546. The molecule has 1 aliphatic heterocycles. The number of rotatable bonds is 4. The Morgan fingerprint density at radius 1 is 1.14 bits per heavy atom. The van der Waals surface area contributed by atoms with Gasteiger partial charge in [0.25, 0.3) is 17.5 Å². The van der Waals surface area contributed by atoms with E-state index in [1.54, 1.807) is 25.1 Å². The minimum Gasteiger partial charge on any atom is -0.326 e. The summed E-state index contributed by atoms with van der Waals surface area (Å²) < 4.78 is 13.6. The molecule has 1 heterocycles. The van der Waals surface area contributed by atoms with Crippen LogP contribution in [0.2, 0.25) is 0 Å². The molecule has 7 nitrogen and oxygen atoms in total. The van der Waals surface area contributed by atoms with Gasteiger partial charge in [0.1, 0.15) is 17.1 Å². The number of likely N-dealkylation sites (N-methyl/N-ethyl adjacent to an activating group) is 2. The molecule has 0 spiro atoms. The van der Waals surface area contributed by atoms with Gasteiger partial charge in [-0.15, -0.1) is 0 Å². The number of nitro benzene ring substituents is 1. The van der Waals surface area contributed by atoms with Crippen molar-refractivity contribution in [2.45, 2.75) is 18.9 Å². The molecular weight excluding hydrogens is 377 g/mol. The molecule has 0 bridgehead atoms. The predicted octanol–water partition coefficient (Wildman–Crippen LogP) is 3.01. The molecule has 0 saturated carbocycles. The van der Waals surface area contributed by atoms with Crippen LogP contribution in [0.15, 0.2) is 54.2 Å². The van der Waals surface area contributed by atoms with Crippen LogP contribution < -0.4 is 0 Å². The lowest BCUT2D eigenvalue weighted by molar-refractivity contribution is -0.385. The number of carbonyl (C=O) groups is 2. The quantitative estimate of drug-likeness (QED) is 0.451. The van der Waals surface area contributed by atoms with Gasteiger partial charge in [-0.1, -0.05) is 24.3 Å². The Kier molecular flexibility index (Phi) is 5.19. The van der Waals surface area contributed by atoms with Gasteiger partial charge in [-0.2, -0.15) is 0 Å². The molecule has 0 radical (unpaired) electrons. The predicted molar refractivity (Wildman–Crippen MR) is 105 cm³/mol. The lowest BCUT2D eigenvalue weighted by Gasteiger charge is -2.45. The van der Waals surface area contributed by atoms with E-state index in [0.29, 0.717) is 5.56 Å². The summed E-state index contributed by atoms with van der Waals surface area (Å²) in [6.45, 7) is 1.62. The minimum atomic E-state index is -1.22. The van der Waals surface area contributed by atoms with Gasteiger partial charge in [0.05, 0.1) is 10.5 Å². The van der Waals surface area contributed by atoms with Crippen molar-refractivity contribution in [3.63, 3.8) is 0 Å². The van der Waals surface area contributed by atoms with Crippen LogP contribution in [0.25, 0.3) is 6.08 Å². The molecule has 0 N–H and O–H groups in total. The standard InChI is InChI=1S/C21H20FN3O4/c1-21(13-14-7-6-9-16(22)11-14)20(27)23(2)18(19(26)24(21)3)12-15-8-4-5-10-17(15)25(28)29/h4-12H,13H2,1-3H3/b18-12+. The number of carbonyl (C=O) groups excluding carboxylic acids is 2. The van der Waals surface area contributed by atoms with E-state index in [2.05, 4.69) is 0 Å². The molecular formula is C21H20FN3O4. The molecule has 8 heteroatoms. The average molecular weight is 397 g/mol. The molecule has 150 valence electrons. The normalized spacial score (nSPS) is 21.0. The third kappa shape index (κ3) is 3.61. The lowest BCUT2D eigenvalue weighted by atomic mass is 9.87. The van der Waals surface area contributed by atoms with E-state index in [0.717, 1.165) is 0 Å². The first kappa shape index (κ1) is 20.2. The Bertz CT molecular complexity index is 1040. The number of halogens is 1. The number of amides is 2. The fourth-order valence-corrected chi connectivity index (χ4v) is 3.47. The van der Waals surface area contributed by atoms with E-state index in [4.69, 9.17) is 0 Å². The topological polar surface area (TPSA) is 83.8 Å². The van der Waals surface area contributed by atoms with Crippen molar-refractivity contribution in [1.82, 2.24) is 9.80 Å². The molecule has 0 aromatic heterocycles. The van der Waals surface area contributed by atoms with Crippen molar-refractivity contribution < 1.29 is 18.9 Å². The van der Waals surface area contributed by atoms with E-state index >= 15 is 0 Å². The van der Waals surface area contributed by atoms with Gasteiger partial charge in [-0.05, 0) is 36.8 Å². The second kappa shape index (κ2) is 7.46. The van der Waals surface area contributed by atoms with Crippen LogP contribution in [-0.2, 0) is 16.0 Å². The number of para-hydroxylation sites is 1. The lowest BCUT2D eigenvalue weighted by Crippen LogP contribution is -2.64. The van der Waals surface area contributed by atoms with E-state index in [9.17, 15) is 24.1 Å². The summed E-state index contributed by atoms with van der Waals surface area (Å²) in [6, 6.07) is 11.9. The summed E-state index contributed by atoms with van der Waals surface area (Å²) in [7, 11) is 2.96. The van der Waals surface area contributed by atoms with Gasteiger partial charge in [0.15, 0.2) is 0 Å². The number of hydrogen-bond acceptors (Lipinski definition) is 4. The minimum absolute atomic E-state index is 0.0310. The summed E-state index contributed by atoms with van der Waals surface area (Å²) in [5, 5.41) is 11.3. The first-order valence-electron chi connectivity index (χ1n) is 8.91. The Labute approximate surface area is 167 Å². The third-order valence-electron chi connectivity index (χ3n) is 5.25. The smallest absolute Gasteiger partial charge is 0.276 e. The second-order valence-corrected chi connectivity index (χ2v) is 7.15. The summed E-state index contributed by atoms with van der Waals surface area (Å²) >= 11 is 0. The first-order valence-corrected chi connectivity index (χ1v) is 8.91. The highest BCUT2D eigenvalue weighted by atomic mass is 19.1. The van der Waals surface area contributed by atoms with Gasteiger partial charge in [0.2, 0.25) is 0 Å². The molecule has 1 atom stereocenters. The van der Waals surface area contributed by atoms with Gasteiger partial charge in [-0.25, -0.2) is 4.39 Å². The molecule has 1 fully saturated rings. The summed E-state index contributed by atoms with van der Waals surface area (Å²) in [4.78, 5) is 39.5. The van der Waals surface area contributed by atoms with Crippen LogP contribution in [0.3, 0.4) is 0 Å². The molecule has 1 aliphatic rings. The maximum atomic E-state index is 13.6. The highest BCUT2D eigenvalue weighted by molar-refractivity contribution is 6.09. The van der Waals surface area contributed by atoms with Crippen LogP contribution >= 0.6 is 0 Å². The molecule has 2 aromatic carbocycles. The molecule has 1 saturated heterocycles. The zero-order valence-corrected chi connectivity index (χ0v) is 16.3. The average Bonchev–Trinajstić information content (AvgIpc) is 2.69. The zero-order chi connectivity index (χ0) is 21.3. The Morgan fingerprint density at radius 2 is 1.83 bits per heavy atom. The van der Waals surface area contributed by atoms with E-state index in [1.807, 2.05) is 0 Å². The SMILES string of the molecule is CN1C(=O)C(C)(Cc2cccc(F)c2)N(C)C(=O)/C1=C\c1ccccc1[N+](=O)[O-]. The molecule has 0 aliphatic carbocycles. The Balaban J connectivity index is 2.00. The zero-order valence-electron chi connectivity index (χ0n) is 16.3. The number of nitrogens with zero attached hydrogens (tertiary/aromatic N) is 3. The third-order valence-corrected chi connectivity index (χ3v) is 5.25. The molecule has 3 rings (SSSR count). The molecule has 29 heavy (non-hydrogen) atoms. The van der Waals surface area contributed by atoms with Crippen molar-refractivity contribution in [3.8, 4) is 0 Å². The number of piperazine rings is 1. The Morgan fingerprint density at radius 3 is 2.48 bits per heavy atom. The highest BCUT2D eigenvalue weighted by Crippen LogP contribution is 2.32. The molecule has 2 amide bonds. The largest absolute Gasteiger partial charge is 0.326 e. The summed E-state index contributed by atoms with van der Waals surface area (Å²) in [6.07, 6.45) is 1.48. The number of hydrogen-bond donors (Lipinski definition) is 0.